The summed E-state index contributed by atoms with van der Waals surface area (Å²) >= 11 is 2.96. The maximum Gasteiger partial charge on any atom is 0.237 e. The number of aryl methyl sites for hydroxylation is 2. The van der Waals surface area contributed by atoms with Crippen LogP contribution in [0.5, 0.6) is 0 Å². The molecule has 0 saturated carbocycles. The van der Waals surface area contributed by atoms with Gasteiger partial charge in [-0.2, -0.15) is 0 Å². The van der Waals surface area contributed by atoms with Gasteiger partial charge in [0.15, 0.2) is 0 Å². The molecule has 8 heteroatoms. The number of benzene rings is 1. The van der Waals surface area contributed by atoms with E-state index in [1.807, 2.05) is 0 Å². The van der Waals surface area contributed by atoms with Crippen molar-refractivity contribution in [2.45, 2.75) is 36.5 Å². The Hall–Kier alpha value is -2.06. The van der Waals surface area contributed by atoms with Gasteiger partial charge < -0.3 is 5.32 Å². The number of thiophene rings is 1. The third kappa shape index (κ3) is 3.07. The highest BCUT2D eigenvalue weighted by molar-refractivity contribution is 8.00. The average molecular weight is 391 g/mol. The van der Waals surface area contributed by atoms with E-state index in [2.05, 4.69) is 15.3 Å². The number of nitrogens with zero attached hydrogens (tertiary/aromatic N) is 2. The number of hydrogen-bond acceptors (Lipinski definition) is 5. The minimum absolute atomic E-state index is 0.422. The van der Waals surface area contributed by atoms with Gasteiger partial charge in [-0.3, -0.25) is 4.79 Å². The van der Waals surface area contributed by atoms with Crippen molar-refractivity contribution in [1.82, 2.24) is 9.97 Å². The number of halogens is 2. The Balaban J connectivity index is 1.58. The zero-order valence-corrected chi connectivity index (χ0v) is 15.5. The van der Waals surface area contributed by atoms with Crippen LogP contribution in [0.1, 0.15) is 23.8 Å². The fourth-order valence-corrected chi connectivity index (χ4v) is 5.29. The van der Waals surface area contributed by atoms with Gasteiger partial charge in [0.2, 0.25) is 5.91 Å². The molecule has 0 unspecified atom stereocenters. The molecule has 1 aliphatic rings. The SMILES string of the molecule is C[C@H](Sc1ncnc2sc3c(c12)CCC3)C(=O)Nc1c(F)cccc1F. The Morgan fingerprint density at radius 1 is 1.27 bits per heavy atom. The molecule has 0 saturated heterocycles. The summed E-state index contributed by atoms with van der Waals surface area (Å²) in [5.74, 6) is -2.07. The number of hydrogen-bond donors (Lipinski definition) is 1. The standard InChI is InChI=1S/C18H15F2N3OS2/c1-9(16(24)23-15-11(19)5-3-6-12(15)20)25-17-14-10-4-2-7-13(10)26-18(14)22-8-21-17/h3,5-6,8-9H,2,4,7H2,1H3,(H,23,24)/t9-/m0/s1. The average Bonchev–Trinajstić information content (AvgIpc) is 3.19. The van der Waals surface area contributed by atoms with Crippen LogP contribution in [-0.4, -0.2) is 21.1 Å². The smallest absolute Gasteiger partial charge is 0.237 e. The first-order valence-electron chi connectivity index (χ1n) is 8.21. The molecular formula is C18H15F2N3OS2. The lowest BCUT2D eigenvalue weighted by Gasteiger charge is -2.13. The minimum atomic E-state index is -0.796. The predicted molar refractivity (Wildman–Crippen MR) is 99.7 cm³/mol. The summed E-state index contributed by atoms with van der Waals surface area (Å²) in [6, 6.07) is 3.48. The molecule has 0 radical (unpaired) electrons. The molecule has 0 spiro atoms. The fraction of sp³-hybridized carbons (Fsp3) is 0.278. The molecule has 0 aliphatic heterocycles. The highest BCUT2D eigenvalue weighted by Crippen LogP contribution is 2.41. The molecule has 0 bridgehead atoms. The van der Waals surface area contributed by atoms with Gasteiger partial charge in [0, 0.05) is 10.3 Å². The molecule has 134 valence electrons. The van der Waals surface area contributed by atoms with Gasteiger partial charge in [0.1, 0.15) is 33.5 Å². The monoisotopic (exact) mass is 391 g/mol. The summed E-state index contributed by atoms with van der Waals surface area (Å²) in [5, 5.41) is 3.54. The molecule has 1 aromatic carbocycles. The Morgan fingerprint density at radius 2 is 2.04 bits per heavy atom. The van der Waals surface area contributed by atoms with Gasteiger partial charge in [-0.25, -0.2) is 18.7 Å². The number of thioether (sulfide) groups is 1. The quantitative estimate of drug-likeness (QED) is 0.523. The molecule has 1 aliphatic carbocycles. The first kappa shape index (κ1) is 17.4. The lowest BCUT2D eigenvalue weighted by Crippen LogP contribution is -2.23. The Kier molecular flexibility index (Phi) is 4.62. The molecule has 4 rings (SSSR count). The fourth-order valence-electron chi connectivity index (χ4n) is 3.05. The number of rotatable bonds is 4. The van der Waals surface area contributed by atoms with E-state index in [-0.39, 0.29) is 0 Å². The number of carbonyl (C=O) groups is 1. The molecule has 0 fully saturated rings. The van der Waals surface area contributed by atoms with E-state index in [1.165, 1.54) is 34.6 Å². The van der Waals surface area contributed by atoms with Crippen molar-refractivity contribution in [2.24, 2.45) is 0 Å². The maximum absolute atomic E-state index is 13.7. The first-order chi connectivity index (χ1) is 12.5. The normalized spacial score (nSPS) is 14.4. The van der Waals surface area contributed by atoms with Gasteiger partial charge in [0.05, 0.1) is 5.25 Å². The van der Waals surface area contributed by atoms with Crippen molar-refractivity contribution in [2.75, 3.05) is 5.32 Å². The molecular weight excluding hydrogens is 376 g/mol. The van der Waals surface area contributed by atoms with Gasteiger partial charge >= 0.3 is 0 Å². The van der Waals surface area contributed by atoms with E-state index in [1.54, 1.807) is 18.3 Å². The molecule has 26 heavy (non-hydrogen) atoms. The van der Waals surface area contributed by atoms with E-state index < -0.39 is 28.5 Å². The van der Waals surface area contributed by atoms with Gasteiger partial charge in [-0.05, 0) is 43.9 Å². The highest BCUT2D eigenvalue weighted by atomic mass is 32.2. The van der Waals surface area contributed by atoms with Crippen LogP contribution >= 0.6 is 23.1 Å². The molecule has 1 atom stereocenters. The van der Waals surface area contributed by atoms with Crippen LogP contribution in [0, 0.1) is 11.6 Å². The summed E-state index contributed by atoms with van der Waals surface area (Å²) < 4.78 is 27.5. The zero-order chi connectivity index (χ0) is 18.3. The van der Waals surface area contributed by atoms with Crippen molar-refractivity contribution in [3.05, 3.63) is 46.6 Å². The lowest BCUT2D eigenvalue weighted by atomic mass is 10.2. The number of carbonyl (C=O) groups excluding carboxylic acids is 1. The molecule has 1 amide bonds. The summed E-state index contributed by atoms with van der Waals surface area (Å²) in [4.78, 5) is 23.4. The third-order valence-corrected chi connectivity index (χ3v) is 6.64. The van der Waals surface area contributed by atoms with Crippen LogP contribution in [0.4, 0.5) is 14.5 Å². The lowest BCUT2D eigenvalue weighted by molar-refractivity contribution is -0.115. The summed E-state index contributed by atoms with van der Waals surface area (Å²) in [5.41, 5.74) is 0.857. The maximum atomic E-state index is 13.7. The van der Waals surface area contributed by atoms with Crippen LogP contribution in [0.2, 0.25) is 0 Å². The highest BCUT2D eigenvalue weighted by Gasteiger charge is 2.24. The van der Waals surface area contributed by atoms with E-state index in [4.69, 9.17) is 0 Å². The predicted octanol–water partition coefficient (Wildman–Crippen LogP) is 4.58. The Bertz CT molecular complexity index is 985. The van der Waals surface area contributed by atoms with Gasteiger partial charge in [0.25, 0.3) is 0 Å². The first-order valence-corrected chi connectivity index (χ1v) is 9.91. The van der Waals surface area contributed by atoms with Gasteiger partial charge in [-0.1, -0.05) is 17.8 Å². The number of para-hydroxylation sites is 1. The number of aromatic nitrogens is 2. The number of anilines is 1. The zero-order valence-electron chi connectivity index (χ0n) is 13.9. The van der Waals surface area contributed by atoms with Crippen LogP contribution < -0.4 is 5.32 Å². The van der Waals surface area contributed by atoms with Crippen molar-refractivity contribution < 1.29 is 13.6 Å². The van der Waals surface area contributed by atoms with Crippen LogP contribution in [-0.2, 0) is 17.6 Å². The molecule has 2 aromatic heterocycles. The second-order valence-electron chi connectivity index (χ2n) is 6.06. The van der Waals surface area contributed by atoms with Crippen molar-refractivity contribution in [3.63, 3.8) is 0 Å². The largest absolute Gasteiger partial charge is 0.320 e. The third-order valence-electron chi connectivity index (χ3n) is 4.34. The minimum Gasteiger partial charge on any atom is -0.320 e. The summed E-state index contributed by atoms with van der Waals surface area (Å²) in [6.45, 7) is 1.69. The molecule has 1 N–H and O–H groups in total. The van der Waals surface area contributed by atoms with Crippen LogP contribution in [0.25, 0.3) is 10.2 Å². The van der Waals surface area contributed by atoms with Crippen molar-refractivity contribution >= 4 is 44.9 Å². The number of fused-ring (bicyclic) bond motifs is 3. The van der Waals surface area contributed by atoms with E-state index in [0.717, 1.165) is 46.6 Å². The van der Waals surface area contributed by atoms with E-state index in [0.29, 0.717) is 0 Å². The number of nitrogens with one attached hydrogen (secondary N) is 1. The number of amides is 1. The van der Waals surface area contributed by atoms with Crippen molar-refractivity contribution in [3.8, 4) is 0 Å². The van der Waals surface area contributed by atoms with Crippen LogP contribution in [0.3, 0.4) is 0 Å². The van der Waals surface area contributed by atoms with E-state index in [9.17, 15) is 13.6 Å². The topological polar surface area (TPSA) is 54.9 Å². The molecule has 2 heterocycles. The summed E-state index contributed by atoms with van der Waals surface area (Å²) in [7, 11) is 0. The van der Waals surface area contributed by atoms with Gasteiger partial charge in [-0.15, -0.1) is 11.3 Å². The second-order valence-corrected chi connectivity index (χ2v) is 8.48. The molecule has 4 nitrogen and oxygen atoms in total. The second kappa shape index (κ2) is 6.92. The molecule has 3 aromatic rings. The van der Waals surface area contributed by atoms with Crippen LogP contribution in [0.15, 0.2) is 29.6 Å². The summed E-state index contributed by atoms with van der Waals surface area (Å²) in [6.07, 6.45) is 4.68. The Labute approximate surface area is 157 Å². The van der Waals surface area contributed by atoms with E-state index >= 15 is 0 Å². The Morgan fingerprint density at radius 3 is 2.81 bits per heavy atom. The van der Waals surface area contributed by atoms with Crippen molar-refractivity contribution in [1.29, 1.82) is 0 Å².